The van der Waals surface area contributed by atoms with Crippen LogP contribution in [0.15, 0.2) is 66.7 Å². The Morgan fingerprint density at radius 2 is 1.64 bits per heavy atom. The van der Waals surface area contributed by atoms with Crippen LogP contribution in [0.3, 0.4) is 0 Å². The van der Waals surface area contributed by atoms with Crippen LogP contribution in [0.1, 0.15) is 78.5 Å². The molecule has 3 aromatic rings. The number of hydrogen-bond acceptors (Lipinski definition) is 2. The van der Waals surface area contributed by atoms with Crippen molar-refractivity contribution in [2.24, 2.45) is 17.4 Å². The van der Waals surface area contributed by atoms with Crippen molar-refractivity contribution in [3.63, 3.8) is 0 Å². The van der Waals surface area contributed by atoms with Crippen LogP contribution in [0, 0.1) is 5.92 Å². The molecule has 36 heavy (non-hydrogen) atoms. The number of allylic oxidation sites excluding steroid dienone is 2. The van der Waals surface area contributed by atoms with Gasteiger partial charge in [-0.05, 0) is 107 Å². The van der Waals surface area contributed by atoms with Crippen LogP contribution in [0.4, 0.5) is 0 Å². The zero-order valence-corrected chi connectivity index (χ0v) is 22.4. The van der Waals surface area contributed by atoms with Crippen LogP contribution in [-0.2, 0) is 45.2 Å². The number of aryl methyl sites for hydroxylation is 2. The van der Waals surface area contributed by atoms with E-state index in [0.717, 1.165) is 31.6 Å². The first-order valence-electron chi connectivity index (χ1n) is 14.0. The van der Waals surface area contributed by atoms with Gasteiger partial charge in [0, 0.05) is 13.1 Å². The Hall–Kier alpha value is -2.68. The van der Waals surface area contributed by atoms with Crippen molar-refractivity contribution in [3.8, 4) is 11.1 Å². The molecule has 1 aliphatic carbocycles. The summed E-state index contributed by atoms with van der Waals surface area (Å²) < 4.78 is 0. The zero-order valence-electron chi connectivity index (χ0n) is 22.4. The molecule has 4 rings (SSSR count). The first-order chi connectivity index (χ1) is 17.6. The second-order valence-corrected chi connectivity index (χ2v) is 10.5. The van der Waals surface area contributed by atoms with Crippen molar-refractivity contribution >= 4 is 0 Å². The Kier molecular flexibility index (Phi) is 9.55. The van der Waals surface area contributed by atoms with E-state index in [1.165, 1.54) is 71.0 Å². The Morgan fingerprint density at radius 3 is 2.42 bits per heavy atom. The van der Waals surface area contributed by atoms with Crippen molar-refractivity contribution in [1.29, 1.82) is 0 Å². The summed E-state index contributed by atoms with van der Waals surface area (Å²) >= 11 is 0. The van der Waals surface area contributed by atoms with Gasteiger partial charge >= 0.3 is 0 Å². The molecule has 0 radical (unpaired) electrons. The van der Waals surface area contributed by atoms with Crippen LogP contribution in [0.2, 0.25) is 0 Å². The third-order valence-electron chi connectivity index (χ3n) is 7.77. The summed E-state index contributed by atoms with van der Waals surface area (Å²) in [6.07, 6.45) is 15.1. The molecule has 4 N–H and O–H groups in total. The van der Waals surface area contributed by atoms with Gasteiger partial charge in [-0.25, -0.2) is 0 Å². The van der Waals surface area contributed by atoms with E-state index < -0.39 is 0 Å². The average molecular weight is 481 g/mol. The normalized spacial score (nSPS) is 15.1. The first kappa shape index (κ1) is 26.4. The zero-order chi connectivity index (χ0) is 25.3. The fourth-order valence-corrected chi connectivity index (χ4v) is 5.75. The van der Waals surface area contributed by atoms with Gasteiger partial charge in [0.05, 0.1) is 0 Å². The van der Waals surface area contributed by atoms with E-state index in [2.05, 4.69) is 80.6 Å². The minimum absolute atomic E-state index is 0.585. The van der Waals surface area contributed by atoms with Crippen LogP contribution < -0.4 is 11.5 Å². The molecule has 1 atom stereocenters. The molecule has 190 valence electrons. The van der Waals surface area contributed by atoms with E-state index in [1.54, 1.807) is 11.1 Å². The number of benzene rings is 3. The molecule has 3 aromatic carbocycles. The van der Waals surface area contributed by atoms with Gasteiger partial charge in [-0.1, -0.05) is 87.4 Å². The molecule has 2 nitrogen and oxygen atoms in total. The van der Waals surface area contributed by atoms with Gasteiger partial charge < -0.3 is 11.5 Å². The van der Waals surface area contributed by atoms with Gasteiger partial charge in [-0.2, -0.15) is 0 Å². The van der Waals surface area contributed by atoms with E-state index in [4.69, 9.17) is 11.5 Å². The Labute approximate surface area is 218 Å². The number of hydrogen-bond donors (Lipinski definition) is 2. The van der Waals surface area contributed by atoms with Crippen LogP contribution in [-0.4, -0.2) is 0 Å². The minimum atomic E-state index is 0.585. The monoisotopic (exact) mass is 480 g/mol. The van der Waals surface area contributed by atoms with Gasteiger partial charge in [0.1, 0.15) is 0 Å². The lowest BCUT2D eigenvalue weighted by atomic mass is 9.90. The third kappa shape index (κ3) is 6.55. The lowest BCUT2D eigenvalue weighted by Crippen LogP contribution is -2.03. The molecule has 0 spiro atoms. The highest BCUT2D eigenvalue weighted by Crippen LogP contribution is 2.38. The summed E-state index contributed by atoms with van der Waals surface area (Å²) in [4.78, 5) is 0. The maximum Gasteiger partial charge on any atom is 0.0178 e. The molecule has 0 saturated carbocycles. The number of fused-ring (bicyclic) bond motifs is 1. The predicted molar refractivity (Wildman–Crippen MR) is 155 cm³/mol. The van der Waals surface area contributed by atoms with Crippen molar-refractivity contribution in [2.45, 2.75) is 84.7 Å². The molecular weight excluding hydrogens is 436 g/mol. The maximum atomic E-state index is 6.00. The first-order valence-corrected chi connectivity index (χ1v) is 14.0. The van der Waals surface area contributed by atoms with Crippen molar-refractivity contribution < 1.29 is 0 Å². The summed E-state index contributed by atoms with van der Waals surface area (Å²) in [6, 6.07) is 20.6. The second kappa shape index (κ2) is 13.0. The highest BCUT2D eigenvalue weighted by molar-refractivity contribution is 5.71. The van der Waals surface area contributed by atoms with Crippen molar-refractivity contribution in [3.05, 3.63) is 106 Å². The van der Waals surface area contributed by atoms with Gasteiger partial charge in [0.25, 0.3) is 0 Å². The topological polar surface area (TPSA) is 52.0 Å². The summed E-state index contributed by atoms with van der Waals surface area (Å²) in [7, 11) is 0. The van der Waals surface area contributed by atoms with Crippen LogP contribution >= 0.6 is 0 Å². The van der Waals surface area contributed by atoms with Crippen molar-refractivity contribution in [2.75, 3.05) is 0 Å². The third-order valence-corrected chi connectivity index (χ3v) is 7.77. The predicted octanol–water partition coefficient (Wildman–Crippen LogP) is 7.47. The van der Waals surface area contributed by atoms with Gasteiger partial charge in [0.2, 0.25) is 0 Å². The molecule has 0 bridgehead atoms. The Morgan fingerprint density at radius 1 is 0.806 bits per heavy atom. The summed E-state index contributed by atoms with van der Waals surface area (Å²) in [5, 5.41) is 0. The SMILES string of the molecule is CC/C=C/Cc1ccc(CN)cc1CCc1cc2c(c(-c3cccc(CN)c3)c1)CC(CCCC)C2. The van der Waals surface area contributed by atoms with E-state index in [-0.39, 0.29) is 0 Å². The molecule has 0 fully saturated rings. The molecule has 1 aliphatic rings. The molecular formula is C34H44N2. The number of rotatable bonds is 12. The Balaban J connectivity index is 1.64. The fourth-order valence-electron chi connectivity index (χ4n) is 5.75. The van der Waals surface area contributed by atoms with E-state index in [1.807, 2.05) is 0 Å². The quantitative estimate of drug-likeness (QED) is 0.264. The highest BCUT2D eigenvalue weighted by Gasteiger charge is 2.25. The van der Waals surface area contributed by atoms with Crippen LogP contribution in [0.25, 0.3) is 11.1 Å². The van der Waals surface area contributed by atoms with E-state index in [9.17, 15) is 0 Å². The molecule has 0 amide bonds. The summed E-state index contributed by atoms with van der Waals surface area (Å²) in [5.74, 6) is 0.782. The standard InChI is InChI=1S/C34H44N2/c1-3-5-7-11-29-15-14-28(24-36)19-30(29)16-13-26-18-32-17-25(9-6-4-2)21-34(32)33(22-26)31-12-8-10-27(20-31)23-35/h5,7-8,10,12,14-15,18-20,22,25H,3-4,6,9,11,13,16-17,21,23-24,35-36H2,1-2H3/b7-5+. The minimum Gasteiger partial charge on any atom is -0.326 e. The molecule has 2 heteroatoms. The average Bonchev–Trinajstić information content (AvgIpc) is 3.33. The summed E-state index contributed by atoms with van der Waals surface area (Å²) in [6.45, 7) is 5.67. The number of nitrogens with two attached hydrogens (primary N) is 2. The van der Waals surface area contributed by atoms with E-state index in [0.29, 0.717) is 13.1 Å². The fraction of sp³-hybridized carbons (Fsp3) is 0.412. The van der Waals surface area contributed by atoms with Gasteiger partial charge in [0.15, 0.2) is 0 Å². The molecule has 0 heterocycles. The largest absolute Gasteiger partial charge is 0.326 e. The van der Waals surface area contributed by atoms with Crippen LogP contribution in [0.5, 0.6) is 0 Å². The second-order valence-electron chi connectivity index (χ2n) is 10.5. The molecule has 1 unspecified atom stereocenters. The highest BCUT2D eigenvalue weighted by atomic mass is 14.5. The van der Waals surface area contributed by atoms with Gasteiger partial charge in [-0.3, -0.25) is 0 Å². The summed E-state index contributed by atoms with van der Waals surface area (Å²) in [5.41, 5.74) is 24.6. The van der Waals surface area contributed by atoms with Crippen molar-refractivity contribution in [1.82, 2.24) is 0 Å². The van der Waals surface area contributed by atoms with E-state index >= 15 is 0 Å². The maximum absolute atomic E-state index is 6.00. The molecule has 0 aliphatic heterocycles. The number of unbranched alkanes of at least 4 members (excludes halogenated alkanes) is 1. The molecule has 0 aromatic heterocycles. The van der Waals surface area contributed by atoms with Gasteiger partial charge in [-0.15, -0.1) is 0 Å². The smallest absolute Gasteiger partial charge is 0.0178 e. The molecule has 0 saturated heterocycles. The lowest BCUT2D eigenvalue weighted by Gasteiger charge is -2.15. The Bertz CT molecular complexity index is 1170. The lowest BCUT2D eigenvalue weighted by molar-refractivity contribution is 0.489.